The van der Waals surface area contributed by atoms with Crippen molar-refractivity contribution in [3.8, 4) is 0 Å². The van der Waals surface area contributed by atoms with E-state index in [2.05, 4.69) is 34.5 Å². The smallest absolute Gasteiger partial charge is 0.223 e. The molecule has 2 aromatic rings. The second kappa shape index (κ2) is 7.09. The fourth-order valence-corrected chi connectivity index (χ4v) is 4.25. The zero-order chi connectivity index (χ0) is 17.2. The van der Waals surface area contributed by atoms with Crippen molar-refractivity contribution in [3.63, 3.8) is 0 Å². The second-order valence-electron chi connectivity index (χ2n) is 6.99. The van der Waals surface area contributed by atoms with Crippen LogP contribution in [-0.4, -0.2) is 17.4 Å². The molecule has 0 unspecified atom stereocenters. The molecule has 0 saturated carbocycles. The van der Waals surface area contributed by atoms with Crippen molar-refractivity contribution in [2.45, 2.75) is 44.2 Å². The maximum atomic E-state index is 12.7. The van der Waals surface area contributed by atoms with E-state index < -0.39 is 0 Å². The van der Waals surface area contributed by atoms with Crippen molar-refractivity contribution in [3.05, 3.63) is 64.7 Å². The highest BCUT2D eigenvalue weighted by molar-refractivity contribution is 6.30. The molecule has 3 nitrogen and oxygen atoms in total. The number of nitrogens with zero attached hydrogens (tertiary/aromatic N) is 1. The lowest BCUT2D eigenvalue weighted by Crippen LogP contribution is -2.38. The van der Waals surface area contributed by atoms with Gasteiger partial charge in [-0.15, -0.1) is 0 Å². The van der Waals surface area contributed by atoms with E-state index in [-0.39, 0.29) is 18.0 Å². The maximum Gasteiger partial charge on any atom is 0.223 e. The molecule has 25 heavy (non-hydrogen) atoms. The summed E-state index contributed by atoms with van der Waals surface area (Å²) in [5, 5.41) is 4.37. The Morgan fingerprint density at radius 2 is 1.88 bits per heavy atom. The van der Waals surface area contributed by atoms with Gasteiger partial charge in [-0.05, 0) is 48.6 Å². The number of fused-ring (bicyclic) bond motifs is 1. The minimum absolute atomic E-state index is 0.0887. The van der Waals surface area contributed by atoms with Crippen LogP contribution in [0.25, 0.3) is 0 Å². The molecule has 2 aliphatic heterocycles. The minimum atomic E-state index is 0.0887. The van der Waals surface area contributed by atoms with Gasteiger partial charge in [0.1, 0.15) is 0 Å². The van der Waals surface area contributed by atoms with Crippen LogP contribution in [0.15, 0.2) is 48.5 Å². The fraction of sp³-hybridized carbons (Fsp3) is 0.381. The molecule has 2 atom stereocenters. The van der Waals surface area contributed by atoms with Crippen molar-refractivity contribution >= 4 is 23.2 Å². The van der Waals surface area contributed by atoms with E-state index in [4.69, 9.17) is 11.6 Å². The predicted molar refractivity (Wildman–Crippen MR) is 102 cm³/mol. The standard InChI is InChI=1S/C21H23ClN2O/c22-16-10-11-18-17(13-16)20(24-12-6-2-5-9-21(24)25)14-19(23-18)15-7-3-1-4-8-15/h1,3-4,7-8,10-11,13,19-20,23H,2,5-6,9,12,14H2/t19-,20-/m0/s1. The lowest BCUT2D eigenvalue weighted by molar-refractivity contribution is -0.133. The largest absolute Gasteiger partial charge is 0.378 e. The molecule has 1 fully saturated rings. The summed E-state index contributed by atoms with van der Waals surface area (Å²) in [7, 11) is 0. The van der Waals surface area contributed by atoms with Crippen LogP contribution in [0, 0.1) is 0 Å². The molecule has 1 N–H and O–H groups in total. The number of benzene rings is 2. The molecule has 0 aliphatic carbocycles. The molecule has 0 spiro atoms. The molecular weight excluding hydrogens is 332 g/mol. The summed E-state index contributed by atoms with van der Waals surface area (Å²) in [4.78, 5) is 14.8. The monoisotopic (exact) mass is 354 g/mol. The first-order valence-electron chi connectivity index (χ1n) is 9.13. The number of amides is 1. The minimum Gasteiger partial charge on any atom is -0.378 e. The topological polar surface area (TPSA) is 32.3 Å². The van der Waals surface area contributed by atoms with Crippen molar-refractivity contribution in [1.82, 2.24) is 4.90 Å². The Balaban J connectivity index is 1.73. The summed E-state index contributed by atoms with van der Waals surface area (Å²) in [6.45, 7) is 0.844. The van der Waals surface area contributed by atoms with Crippen LogP contribution in [0.1, 0.15) is 55.3 Å². The Kier molecular flexibility index (Phi) is 4.67. The van der Waals surface area contributed by atoms with Gasteiger partial charge >= 0.3 is 0 Å². The number of hydrogen-bond donors (Lipinski definition) is 1. The molecular formula is C21H23ClN2O. The average Bonchev–Trinajstić information content (AvgIpc) is 2.86. The number of hydrogen-bond acceptors (Lipinski definition) is 2. The molecule has 0 bridgehead atoms. The van der Waals surface area contributed by atoms with Crippen LogP contribution in [0.5, 0.6) is 0 Å². The molecule has 0 aromatic heterocycles. The molecule has 4 rings (SSSR count). The Hall–Kier alpha value is -2.00. The number of rotatable bonds is 2. The SMILES string of the molecule is O=C1CCCCCN1[C@H]1C[C@@H](c2ccccc2)Nc2ccc(Cl)cc21. The van der Waals surface area contributed by atoms with Crippen LogP contribution >= 0.6 is 11.6 Å². The van der Waals surface area contributed by atoms with E-state index in [1.54, 1.807) is 0 Å². The number of anilines is 1. The lowest BCUT2D eigenvalue weighted by Gasteiger charge is -2.40. The van der Waals surface area contributed by atoms with Crippen LogP contribution in [0.2, 0.25) is 5.02 Å². The van der Waals surface area contributed by atoms with Gasteiger partial charge in [0.2, 0.25) is 5.91 Å². The van der Waals surface area contributed by atoms with E-state index >= 15 is 0 Å². The summed E-state index contributed by atoms with van der Waals surface area (Å²) >= 11 is 6.27. The van der Waals surface area contributed by atoms with Gasteiger partial charge in [-0.3, -0.25) is 4.79 Å². The molecule has 1 saturated heterocycles. The Bertz CT molecular complexity index is 762. The summed E-state index contributed by atoms with van der Waals surface area (Å²) in [6.07, 6.45) is 4.77. The third-order valence-corrected chi connectivity index (χ3v) is 5.58. The highest BCUT2D eigenvalue weighted by Crippen LogP contribution is 2.43. The third kappa shape index (κ3) is 3.38. The normalized spacial score (nSPS) is 23.6. The third-order valence-electron chi connectivity index (χ3n) is 5.35. The van der Waals surface area contributed by atoms with Gasteiger partial charge in [0, 0.05) is 23.7 Å². The lowest BCUT2D eigenvalue weighted by atomic mass is 9.88. The highest BCUT2D eigenvalue weighted by atomic mass is 35.5. The van der Waals surface area contributed by atoms with Crippen LogP contribution in [0.4, 0.5) is 5.69 Å². The first-order chi connectivity index (χ1) is 12.2. The molecule has 130 valence electrons. The van der Waals surface area contributed by atoms with Gasteiger partial charge in [0.15, 0.2) is 0 Å². The van der Waals surface area contributed by atoms with E-state index in [1.807, 2.05) is 24.3 Å². The van der Waals surface area contributed by atoms with Crippen LogP contribution < -0.4 is 5.32 Å². The molecule has 4 heteroatoms. The molecule has 1 amide bonds. The Morgan fingerprint density at radius 3 is 2.72 bits per heavy atom. The summed E-state index contributed by atoms with van der Waals surface area (Å²) in [5.74, 6) is 0.280. The van der Waals surface area contributed by atoms with Crippen molar-refractivity contribution < 1.29 is 4.79 Å². The van der Waals surface area contributed by atoms with E-state index in [0.29, 0.717) is 6.42 Å². The quantitative estimate of drug-likeness (QED) is 0.789. The highest BCUT2D eigenvalue weighted by Gasteiger charge is 2.34. The van der Waals surface area contributed by atoms with Gasteiger partial charge in [-0.25, -0.2) is 0 Å². The number of carbonyl (C=O) groups is 1. The van der Waals surface area contributed by atoms with Gasteiger partial charge in [0.25, 0.3) is 0 Å². The van der Waals surface area contributed by atoms with Crippen molar-refractivity contribution in [2.24, 2.45) is 0 Å². The van der Waals surface area contributed by atoms with E-state index in [1.165, 1.54) is 5.56 Å². The zero-order valence-electron chi connectivity index (χ0n) is 14.2. The van der Waals surface area contributed by atoms with Gasteiger partial charge < -0.3 is 10.2 Å². The number of carbonyl (C=O) groups excluding carboxylic acids is 1. The van der Waals surface area contributed by atoms with Crippen LogP contribution in [0.3, 0.4) is 0 Å². The summed E-state index contributed by atoms with van der Waals surface area (Å²) in [5.41, 5.74) is 3.50. The Labute approximate surface area is 154 Å². The first-order valence-corrected chi connectivity index (χ1v) is 9.50. The number of likely N-dealkylation sites (tertiary alicyclic amines) is 1. The second-order valence-corrected chi connectivity index (χ2v) is 7.42. The van der Waals surface area contributed by atoms with Crippen LogP contribution in [-0.2, 0) is 4.79 Å². The number of halogens is 1. The fourth-order valence-electron chi connectivity index (χ4n) is 4.07. The summed E-state index contributed by atoms with van der Waals surface area (Å²) in [6, 6.07) is 16.8. The predicted octanol–water partition coefficient (Wildman–Crippen LogP) is 5.34. The molecule has 2 aromatic carbocycles. The van der Waals surface area contributed by atoms with E-state index in [0.717, 1.165) is 48.5 Å². The van der Waals surface area contributed by atoms with Crippen molar-refractivity contribution in [2.75, 3.05) is 11.9 Å². The molecule has 2 heterocycles. The molecule has 0 radical (unpaired) electrons. The van der Waals surface area contributed by atoms with Crippen molar-refractivity contribution in [1.29, 1.82) is 0 Å². The summed E-state index contributed by atoms with van der Waals surface area (Å²) < 4.78 is 0. The van der Waals surface area contributed by atoms with Gasteiger partial charge in [-0.2, -0.15) is 0 Å². The zero-order valence-corrected chi connectivity index (χ0v) is 15.0. The first kappa shape index (κ1) is 16.5. The average molecular weight is 355 g/mol. The Morgan fingerprint density at radius 1 is 1.04 bits per heavy atom. The van der Waals surface area contributed by atoms with Gasteiger partial charge in [0.05, 0.1) is 12.1 Å². The van der Waals surface area contributed by atoms with E-state index in [9.17, 15) is 4.79 Å². The molecule has 2 aliphatic rings. The maximum absolute atomic E-state index is 12.7. The number of nitrogens with one attached hydrogen (secondary N) is 1. The van der Waals surface area contributed by atoms with Gasteiger partial charge in [-0.1, -0.05) is 48.4 Å².